The number of hydrogen-bond donors (Lipinski definition) is 1. The summed E-state index contributed by atoms with van der Waals surface area (Å²) in [6.45, 7) is 6.87. The number of anilines is 1. The highest BCUT2D eigenvalue weighted by Crippen LogP contribution is 2.13. The van der Waals surface area contributed by atoms with Gasteiger partial charge in [-0.05, 0) is 24.5 Å². The minimum atomic E-state index is -0.0498. The Morgan fingerprint density at radius 2 is 1.85 bits per heavy atom. The molecule has 1 aromatic carbocycles. The standard InChI is InChI=1S/C16H24N2O2/c1-13(2)9-11-17-16(20)10-12-18(14(3)19)15-7-5-4-6-8-15/h4-8,13H,9-12H2,1-3H3,(H,17,20). The van der Waals surface area contributed by atoms with E-state index >= 15 is 0 Å². The highest BCUT2D eigenvalue weighted by Gasteiger charge is 2.12. The molecule has 0 fully saturated rings. The molecule has 4 nitrogen and oxygen atoms in total. The molecule has 0 saturated carbocycles. The van der Waals surface area contributed by atoms with Crippen LogP contribution in [-0.4, -0.2) is 24.9 Å². The van der Waals surface area contributed by atoms with Crippen molar-refractivity contribution in [1.82, 2.24) is 5.32 Å². The molecule has 20 heavy (non-hydrogen) atoms. The maximum Gasteiger partial charge on any atom is 0.223 e. The second kappa shape index (κ2) is 8.35. The quantitative estimate of drug-likeness (QED) is 0.832. The van der Waals surface area contributed by atoms with Crippen molar-refractivity contribution >= 4 is 17.5 Å². The van der Waals surface area contributed by atoms with Gasteiger partial charge in [0.15, 0.2) is 0 Å². The summed E-state index contributed by atoms with van der Waals surface area (Å²) in [6.07, 6.45) is 1.30. The number of carbonyl (C=O) groups excluding carboxylic acids is 2. The summed E-state index contributed by atoms with van der Waals surface area (Å²) in [5, 5.41) is 2.88. The van der Waals surface area contributed by atoms with Crippen molar-refractivity contribution < 1.29 is 9.59 Å². The highest BCUT2D eigenvalue weighted by atomic mass is 16.2. The van der Waals surface area contributed by atoms with Crippen molar-refractivity contribution in [3.63, 3.8) is 0 Å². The van der Waals surface area contributed by atoms with Crippen LogP contribution in [0, 0.1) is 5.92 Å². The van der Waals surface area contributed by atoms with Crippen molar-refractivity contribution in [3.05, 3.63) is 30.3 Å². The Morgan fingerprint density at radius 3 is 2.40 bits per heavy atom. The monoisotopic (exact) mass is 276 g/mol. The normalized spacial score (nSPS) is 10.4. The lowest BCUT2D eigenvalue weighted by molar-refractivity contribution is -0.121. The molecule has 0 radical (unpaired) electrons. The fourth-order valence-electron chi connectivity index (χ4n) is 1.88. The SMILES string of the molecule is CC(=O)N(CCC(=O)NCCC(C)C)c1ccccc1. The van der Waals surface area contributed by atoms with Crippen molar-refractivity contribution in [2.24, 2.45) is 5.92 Å². The lowest BCUT2D eigenvalue weighted by Crippen LogP contribution is -2.34. The first-order valence-corrected chi connectivity index (χ1v) is 7.10. The molecule has 0 atom stereocenters. The van der Waals surface area contributed by atoms with E-state index in [-0.39, 0.29) is 11.8 Å². The van der Waals surface area contributed by atoms with Crippen LogP contribution in [0.3, 0.4) is 0 Å². The summed E-state index contributed by atoms with van der Waals surface area (Å²) in [7, 11) is 0. The summed E-state index contributed by atoms with van der Waals surface area (Å²) in [5.74, 6) is 0.521. The number of nitrogens with one attached hydrogen (secondary N) is 1. The Bertz CT molecular complexity index is 429. The van der Waals surface area contributed by atoms with Gasteiger partial charge < -0.3 is 10.2 Å². The molecule has 1 N–H and O–H groups in total. The molecule has 0 heterocycles. The Hall–Kier alpha value is -1.84. The van der Waals surface area contributed by atoms with Crippen LogP contribution in [0.5, 0.6) is 0 Å². The summed E-state index contributed by atoms with van der Waals surface area (Å²) in [5.41, 5.74) is 0.829. The van der Waals surface area contributed by atoms with E-state index in [0.29, 0.717) is 25.4 Å². The molecule has 2 amide bonds. The Labute approximate surface area is 121 Å². The number of para-hydroxylation sites is 1. The predicted molar refractivity (Wildman–Crippen MR) is 81.6 cm³/mol. The molecule has 1 rings (SSSR count). The smallest absolute Gasteiger partial charge is 0.223 e. The molecule has 0 spiro atoms. The van der Waals surface area contributed by atoms with Crippen LogP contribution in [0.1, 0.15) is 33.6 Å². The molecule has 0 bridgehead atoms. The number of amides is 2. The van der Waals surface area contributed by atoms with Gasteiger partial charge in [0.05, 0.1) is 0 Å². The highest BCUT2D eigenvalue weighted by molar-refractivity contribution is 5.92. The van der Waals surface area contributed by atoms with Crippen LogP contribution < -0.4 is 10.2 Å². The van der Waals surface area contributed by atoms with E-state index in [4.69, 9.17) is 0 Å². The maximum atomic E-state index is 11.7. The third-order valence-corrected chi connectivity index (χ3v) is 3.05. The molecule has 0 aliphatic heterocycles. The molecule has 0 aromatic heterocycles. The molecule has 0 unspecified atom stereocenters. The third kappa shape index (κ3) is 5.87. The first-order valence-electron chi connectivity index (χ1n) is 7.10. The first-order chi connectivity index (χ1) is 9.50. The van der Waals surface area contributed by atoms with Gasteiger partial charge in [0, 0.05) is 32.1 Å². The number of benzene rings is 1. The number of hydrogen-bond acceptors (Lipinski definition) is 2. The van der Waals surface area contributed by atoms with Crippen LogP contribution in [-0.2, 0) is 9.59 Å². The van der Waals surface area contributed by atoms with Crippen LogP contribution in [0.25, 0.3) is 0 Å². The van der Waals surface area contributed by atoms with Gasteiger partial charge in [0.2, 0.25) is 11.8 Å². The third-order valence-electron chi connectivity index (χ3n) is 3.05. The van der Waals surface area contributed by atoms with Crippen LogP contribution in [0.4, 0.5) is 5.69 Å². The van der Waals surface area contributed by atoms with Crippen molar-refractivity contribution in [2.75, 3.05) is 18.0 Å². The molecule has 110 valence electrons. The Kier molecular flexibility index (Phi) is 6.77. The molecule has 1 aromatic rings. The topological polar surface area (TPSA) is 49.4 Å². The zero-order chi connectivity index (χ0) is 15.0. The predicted octanol–water partition coefficient (Wildman–Crippen LogP) is 2.59. The Balaban J connectivity index is 2.44. The zero-order valence-corrected chi connectivity index (χ0v) is 12.6. The second-order valence-corrected chi connectivity index (χ2v) is 5.29. The summed E-state index contributed by atoms with van der Waals surface area (Å²) < 4.78 is 0. The van der Waals surface area contributed by atoms with Gasteiger partial charge >= 0.3 is 0 Å². The van der Waals surface area contributed by atoms with Crippen molar-refractivity contribution in [1.29, 1.82) is 0 Å². The summed E-state index contributed by atoms with van der Waals surface area (Å²) in [6, 6.07) is 9.42. The van der Waals surface area contributed by atoms with Gasteiger partial charge in [-0.15, -0.1) is 0 Å². The molecule has 0 aliphatic rings. The number of carbonyl (C=O) groups is 2. The minimum Gasteiger partial charge on any atom is -0.356 e. The Morgan fingerprint density at radius 1 is 1.20 bits per heavy atom. The molecule has 4 heteroatoms. The fourth-order valence-corrected chi connectivity index (χ4v) is 1.88. The van der Waals surface area contributed by atoms with E-state index in [1.54, 1.807) is 4.90 Å². The number of nitrogens with zero attached hydrogens (tertiary/aromatic N) is 1. The molecular formula is C16H24N2O2. The summed E-state index contributed by atoms with van der Waals surface area (Å²) >= 11 is 0. The fraction of sp³-hybridized carbons (Fsp3) is 0.500. The van der Waals surface area contributed by atoms with Gasteiger partial charge in [0.25, 0.3) is 0 Å². The average molecular weight is 276 g/mol. The van der Waals surface area contributed by atoms with E-state index in [0.717, 1.165) is 12.1 Å². The zero-order valence-electron chi connectivity index (χ0n) is 12.6. The summed E-state index contributed by atoms with van der Waals surface area (Å²) in [4.78, 5) is 25.0. The van der Waals surface area contributed by atoms with Crippen LogP contribution >= 0.6 is 0 Å². The van der Waals surface area contributed by atoms with Crippen LogP contribution in [0.15, 0.2) is 30.3 Å². The van der Waals surface area contributed by atoms with E-state index in [2.05, 4.69) is 19.2 Å². The van der Waals surface area contributed by atoms with Crippen LogP contribution in [0.2, 0.25) is 0 Å². The maximum absolute atomic E-state index is 11.7. The van der Waals surface area contributed by atoms with Gasteiger partial charge in [-0.1, -0.05) is 32.0 Å². The van der Waals surface area contributed by atoms with Gasteiger partial charge in [-0.3, -0.25) is 9.59 Å². The van der Waals surface area contributed by atoms with E-state index in [9.17, 15) is 9.59 Å². The van der Waals surface area contributed by atoms with E-state index < -0.39 is 0 Å². The van der Waals surface area contributed by atoms with Crippen molar-refractivity contribution in [3.8, 4) is 0 Å². The largest absolute Gasteiger partial charge is 0.356 e. The number of rotatable bonds is 7. The van der Waals surface area contributed by atoms with Gasteiger partial charge in [-0.25, -0.2) is 0 Å². The average Bonchev–Trinajstić information content (AvgIpc) is 2.39. The lowest BCUT2D eigenvalue weighted by Gasteiger charge is -2.20. The molecular weight excluding hydrogens is 252 g/mol. The lowest BCUT2D eigenvalue weighted by atomic mass is 10.1. The molecule has 0 aliphatic carbocycles. The molecule has 0 saturated heterocycles. The van der Waals surface area contributed by atoms with E-state index in [1.165, 1.54) is 6.92 Å². The minimum absolute atomic E-state index is 0.00664. The van der Waals surface area contributed by atoms with E-state index in [1.807, 2.05) is 30.3 Å². The first kappa shape index (κ1) is 16.2. The van der Waals surface area contributed by atoms with Gasteiger partial charge in [0.1, 0.15) is 0 Å². The second-order valence-electron chi connectivity index (χ2n) is 5.29. The van der Waals surface area contributed by atoms with Crippen molar-refractivity contribution in [2.45, 2.75) is 33.6 Å². The van der Waals surface area contributed by atoms with Gasteiger partial charge in [-0.2, -0.15) is 0 Å².